The first kappa shape index (κ1) is 14.2. The highest BCUT2D eigenvalue weighted by Crippen LogP contribution is 2.26. The molecule has 0 aromatic heterocycles. The first-order valence-electron chi connectivity index (χ1n) is 5.40. The number of hydrogen-bond acceptors (Lipinski definition) is 2. The van der Waals surface area contributed by atoms with Gasteiger partial charge >= 0.3 is 0 Å². The van der Waals surface area contributed by atoms with Crippen molar-refractivity contribution in [3.05, 3.63) is 58.4 Å². The molecule has 0 atom stereocenters. The van der Waals surface area contributed by atoms with Crippen LogP contribution in [0.4, 0.5) is 24.5 Å². The van der Waals surface area contributed by atoms with E-state index in [1.165, 1.54) is 12.1 Å². The fourth-order valence-corrected chi connectivity index (χ4v) is 1.73. The highest BCUT2D eigenvalue weighted by atomic mass is 35.5. The van der Waals surface area contributed by atoms with E-state index in [4.69, 9.17) is 17.3 Å². The van der Waals surface area contributed by atoms with Crippen molar-refractivity contribution in [1.29, 1.82) is 0 Å². The average molecular weight is 301 g/mol. The number of nitrogens with one attached hydrogen (secondary N) is 1. The fraction of sp³-hybridized carbons (Fsp3) is 0. The van der Waals surface area contributed by atoms with E-state index in [9.17, 15) is 18.0 Å². The molecule has 3 nitrogen and oxygen atoms in total. The summed E-state index contributed by atoms with van der Waals surface area (Å²) in [6.07, 6.45) is 0. The highest BCUT2D eigenvalue weighted by Gasteiger charge is 2.18. The first-order valence-corrected chi connectivity index (χ1v) is 5.78. The van der Waals surface area contributed by atoms with Crippen LogP contribution in [0.3, 0.4) is 0 Å². The van der Waals surface area contributed by atoms with E-state index in [2.05, 4.69) is 0 Å². The summed E-state index contributed by atoms with van der Waals surface area (Å²) in [7, 11) is 0. The summed E-state index contributed by atoms with van der Waals surface area (Å²) in [5.74, 6) is -4.44. The molecule has 0 bridgehead atoms. The van der Waals surface area contributed by atoms with Crippen molar-refractivity contribution in [1.82, 2.24) is 0 Å². The molecule has 0 unspecified atom stereocenters. The van der Waals surface area contributed by atoms with Crippen molar-refractivity contribution in [2.24, 2.45) is 0 Å². The van der Waals surface area contributed by atoms with Crippen LogP contribution in [0.15, 0.2) is 30.3 Å². The average Bonchev–Trinajstić information content (AvgIpc) is 2.42. The molecule has 0 heterocycles. The molecule has 0 saturated heterocycles. The molecule has 2 aromatic carbocycles. The molecule has 1 amide bonds. The second kappa shape index (κ2) is 5.42. The van der Waals surface area contributed by atoms with Gasteiger partial charge in [-0.3, -0.25) is 4.79 Å². The number of carbonyl (C=O) groups excluding carboxylic acids is 1. The molecule has 0 saturated carbocycles. The van der Waals surface area contributed by atoms with Crippen molar-refractivity contribution in [2.45, 2.75) is 0 Å². The van der Waals surface area contributed by atoms with Crippen molar-refractivity contribution in [3.63, 3.8) is 0 Å². The third kappa shape index (κ3) is 2.55. The van der Waals surface area contributed by atoms with Gasteiger partial charge < -0.3 is 11.1 Å². The standard InChI is InChI=1S/C13H8ClF3N2O/c14-7-3-1-2-6(10(7)16)13(20)19-12-9(18)5-4-8(15)11(12)17/h1-5H,18H2,(H,19,20). The zero-order chi connectivity index (χ0) is 14.9. The van der Waals surface area contributed by atoms with E-state index in [1.54, 1.807) is 0 Å². The predicted molar refractivity (Wildman–Crippen MR) is 70.1 cm³/mol. The molecular formula is C13H8ClF3N2O. The van der Waals surface area contributed by atoms with Gasteiger partial charge in [-0.25, -0.2) is 13.2 Å². The molecule has 0 fully saturated rings. The van der Waals surface area contributed by atoms with Crippen molar-refractivity contribution in [2.75, 3.05) is 11.1 Å². The number of benzene rings is 2. The minimum Gasteiger partial charge on any atom is -0.397 e. The van der Waals surface area contributed by atoms with Gasteiger partial charge in [-0.05, 0) is 24.3 Å². The van der Waals surface area contributed by atoms with Crippen LogP contribution < -0.4 is 11.1 Å². The zero-order valence-corrected chi connectivity index (χ0v) is 10.6. The molecular weight excluding hydrogens is 293 g/mol. The van der Waals surface area contributed by atoms with Gasteiger partial charge in [0.15, 0.2) is 17.5 Å². The Morgan fingerprint density at radius 3 is 2.50 bits per heavy atom. The number of nitrogens with two attached hydrogens (primary N) is 1. The lowest BCUT2D eigenvalue weighted by molar-refractivity contribution is 0.102. The van der Waals surface area contributed by atoms with Crippen LogP contribution in [0.2, 0.25) is 5.02 Å². The summed E-state index contributed by atoms with van der Waals surface area (Å²) < 4.78 is 40.3. The number of hydrogen-bond donors (Lipinski definition) is 2. The van der Waals surface area contributed by atoms with Crippen LogP contribution in [0, 0.1) is 17.5 Å². The molecule has 104 valence electrons. The lowest BCUT2D eigenvalue weighted by Gasteiger charge is -2.10. The summed E-state index contributed by atoms with van der Waals surface area (Å²) in [5.41, 5.74) is 4.31. The summed E-state index contributed by atoms with van der Waals surface area (Å²) in [6, 6.07) is 5.67. The molecule has 0 radical (unpaired) electrons. The number of rotatable bonds is 2. The van der Waals surface area contributed by atoms with Crippen LogP contribution >= 0.6 is 11.6 Å². The minimum absolute atomic E-state index is 0.181. The fourth-order valence-electron chi connectivity index (χ4n) is 1.55. The molecule has 0 spiro atoms. The highest BCUT2D eigenvalue weighted by molar-refractivity contribution is 6.31. The Balaban J connectivity index is 2.38. The molecule has 20 heavy (non-hydrogen) atoms. The molecule has 2 rings (SSSR count). The van der Waals surface area contributed by atoms with Crippen molar-refractivity contribution in [3.8, 4) is 0 Å². The zero-order valence-electron chi connectivity index (χ0n) is 9.88. The first-order chi connectivity index (χ1) is 9.41. The Morgan fingerprint density at radius 1 is 1.10 bits per heavy atom. The summed E-state index contributed by atoms with van der Waals surface area (Å²) >= 11 is 5.53. The Morgan fingerprint density at radius 2 is 1.80 bits per heavy atom. The van der Waals surface area contributed by atoms with Crippen molar-refractivity contribution >= 4 is 28.9 Å². The van der Waals surface area contributed by atoms with Gasteiger partial charge in [-0.2, -0.15) is 0 Å². The van der Waals surface area contributed by atoms with E-state index < -0.39 is 34.6 Å². The number of carbonyl (C=O) groups is 1. The smallest absolute Gasteiger partial charge is 0.258 e. The van der Waals surface area contributed by atoms with Gasteiger partial charge in [-0.1, -0.05) is 17.7 Å². The van der Waals surface area contributed by atoms with Crippen molar-refractivity contribution < 1.29 is 18.0 Å². The van der Waals surface area contributed by atoms with Gasteiger partial charge in [0.25, 0.3) is 5.91 Å². The summed E-state index contributed by atoms with van der Waals surface area (Å²) in [4.78, 5) is 11.8. The normalized spacial score (nSPS) is 10.4. The summed E-state index contributed by atoms with van der Waals surface area (Å²) in [6.45, 7) is 0. The second-order valence-electron chi connectivity index (χ2n) is 3.88. The van der Waals surface area contributed by atoms with Crippen LogP contribution in [0.25, 0.3) is 0 Å². The number of anilines is 2. The number of amides is 1. The number of nitrogen functional groups attached to an aromatic ring is 1. The van der Waals surface area contributed by atoms with E-state index in [-0.39, 0.29) is 10.7 Å². The largest absolute Gasteiger partial charge is 0.397 e. The quantitative estimate of drug-likeness (QED) is 0.833. The van der Waals surface area contributed by atoms with E-state index in [0.717, 1.165) is 18.2 Å². The Hall–Kier alpha value is -2.21. The maximum Gasteiger partial charge on any atom is 0.258 e. The van der Waals surface area contributed by atoms with Gasteiger partial charge in [0, 0.05) is 0 Å². The third-order valence-electron chi connectivity index (χ3n) is 2.56. The van der Waals surface area contributed by atoms with E-state index in [1.807, 2.05) is 5.32 Å². The number of halogens is 4. The maximum atomic E-state index is 13.6. The van der Waals surface area contributed by atoms with Gasteiger partial charge in [0.2, 0.25) is 0 Å². The van der Waals surface area contributed by atoms with Crippen LogP contribution in [0.1, 0.15) is 10.4 Å². The Kier molecular flexibility index (Phi) is 3.85. The molecule has 2 aromatic rings. The molecule has 7 heteroatoms. The topological polar surface area (TPSA) is 55.1 Å². The Bertz CT molecular complexity index is 692. The van der Waals surface area contributed by atoms with Crippen LogP contribution in [0.5, 0.6) is 0 Å². The van der Waals surface area contributed by atoms with Crippen LogP contribution in [-0.2, 0) is 0 Å². The van der Waals surface area contributed by atoms with Gasteiger partial charge in [0.1, 0.15) is 5.69 Å². The predicted octanol–water partition coefficient (Wildman–Crippen LogP) is 3.59. The minimum atomic E-state index is -1.32. The third-order valence-corrected chi connectivity index (χ3v) is 2.85. The van der Waals surface area contributed by atoms with Crippen LogP contribution in [-0.4, -0.2) is 5.91 Å². The van der Waals surface area contributed by atoms with Gasteiger partial charge in [-0.15, -0.1) is 0 Å². The molecule has 3 N–H and O–H groups in total. The molecule has 0 aliphatic carbocycles. The summed E-state index contributed by atoms with van der Waals surface area (Å²) in [5, 5.41) is 1.77. The lowest BCUT2D eigenvalue weighted by atomic mass is 10.2. The lowest BCUT2D eigenvalue weighted by Crippen LogP contribution is -2.16. The maximum absolute atomic E-state index is 13.6. The Labute approximate surface area is 117 Å². The molecule has 0 aliphatic rings. The monoisotopic (exact) mass is 300 g/mol. The molecule has 0 aliphatic heterocycles. The SMILES string of the molecule is Nc1ccc(F)c(F)c1NC(=O)c1cccc(Cl)c1F. The van der Waals surface area contributed by atoms with Gasteiger partial charge in [0.05, 0.1) is 16.3 Å². The second-order valence-corrected chi connectivity index (χ2v) is 4.29. The van der Waals surface area contributed by atoms with E-state index in [0.29, 0.717) is 0 Å². The van der Waals surface area contributed by atoms with E-state index >= 15 is 0 Å².